The molecule has 5 nitrogen and oxygen atoms in total. The maximum atomic E-state index is 12.5. The van der Waals surface area contributed by atoms with Crippen LogP contribution >= 0.6 is 0 Å². The molecule has 1 aromatic rings. The van der Waals surface area contributed by atoms with Crippen LogP contribution in [0.5, 0.6) is 0 Å². The Bertz CT molecular complexity index is 573. The van der Waals surface area contributed by atoms with Crippen LogP contribution in [0.2, 0.25) is 0 Å². The van der Waals surface area contributed by atoms with Crippen LogP contribution < -0.4 is 10.2 Å². The Morgan fingerprint density at radius 1 is 1.17 bits per heavy atom. The molecule has 3 aliphatic rings. The standard InChI is InChI=1S/C19H27N3O2/c1-12-10-22(11-13(2)24-12)17-8-7-16(9-20-17)19(23)21-18(14-3-4-14)15-5-6-15/h7-9,12-15,18H,3-6,10-11H2,1-2H3,(H,21,23). The highest BCUT2D eigenvalue weighted by molar-refractivity contribution is 5.94. The molecule has 1 amide bonds. The lowest BCUT2D eigenvalue weighted by Crippen LogP contribution is -2.45. The minimum atomic E-state index is 0.0292. The van der Waals surface area contributed by atoms with Crippen LogP contribution in [0.1, 0.15) is 49.9 Å². The number of anilines is 1. The molecule has 0 spiro atoms. The van der Waals surface area contributed by atoms with Gasteiger partial charge in [-0.1, -0.05) is 0 Å². The fraction of sp³-hybridized carbons (Fsp3) is 0.684. The number of morpholine rings is 1. The Morgan fingerprint density at radius 2 is 1.79 bits per heavy atom. The molecule has 2 atom stereocenters. The van der Waals surface area contributed by atoms with Crippen molar-refractivity contribution in [2.45, 2.75) is 57.8 Å². The van der Waals surface area contributed by atoms with Crippen molar-refractivity contribution in [3.63, 3.8) is 0 Å². The van der Waals surface area contributed by atoms with E-state index in [1.165, 1.54) is 25.7 Å². The summed E-state index contributed by atoms with van der Waals surface area (Å²) in [5.74, 6) is 2.38. The number of hydrogen-bond acceptors (Lipinski definition) is 4. The van der Waals surface area contributed by atoms with Gasteiger partial charge in [0.15, 0.2) is 0 Å². The molecule has 0 aromatic carbocycles. The summed E-state index contributed by atoms with van der Waals surface area (Å²) in [6, 6.07) is 4.25. The van der Waals surface area contributed by atoms with E-state index in [1.807, 2.05) is 12.1 Å². The Balaban J connectivity index is 1.40. The summed E-state index contributed by atoms with van der Waals surface area (Å²) < 4.78 is 5.77. The third-order valence-electron chi connectivity index (χ3n) is 5.31. The van der Waals surface area contributed by atoms with E-state index in [2.05, 4.69) is 29.0 Å². The van der Waals surface area contributed by atoms with Crippen LogP contribution in [0.15, 0.2) is 18.3 Å². The van der Waals surface area contributed by atoms with Crippen molar-refractivity contribution in [2.24, 2.45) is 11.8 Å². The molecule has 2 heterocycles. The van der Waals surface area contributed by atoms with Crippen molar-refractivity contribution in [1.82, 2.24) is 10.3 Å². The quantitative estimate of drug-likeness (QED) is 0.902. The van der Waals surface area contributed by atoms with Gasteiger partial charge in [0.1, 0.15) is 5.82 Å². The number of amides is 1. The van der Waals surface area contributed by atoms with Gasteiger partial charge in [-0.3, -0.25) is 4.79 Å². The van der Waals surface area contributed by atoms with Crippen LogP contribution in [0.25, 0.3) is 0 Å². The van der Waals surface area contributed by atoms with Gasteiger partial charge in [-0.2, -0.15) is 0 Å². The molecule has 2 unspecified atom stereocenters. The number of hydrogen-bond donors (Lipinski definition) is 1. The Kier molecular flexibility index (Phi) is 4.21. The zero-order valence-corrected chi connectivity index (χ0v) is 14.6. The van der Waals surface area contributed by atoms with Crippen LogP contribution in [0.4, 0.5) is 5.82 Å². The predicted octanol–water partition coefficient (Wildman–Crippen LogP) is 2.61. The highest BCUT2D eigenvalue weighted by Gasteiger charge is 2.42. The molecule has 24 heavy (non-hydrogen) atoms. The van der Waals surface area contributed by atoms with E-state index in [4.69, 9.17) is 4.74 Å². The maximum Gasteiger partial charge on any atom is 0.253 e. The first-order valence-electron chi connectivity index (χ1n) is 9.27. The molecule has 2 aliphatic carbocycles. The highest BCUT2D eigenvalue weighted by atomic mass is 16.5. The van der Waals surface area contributed by atoms with Gasteiger partial charge in [-0.05, 0) is 63.5 Å². The predicted molar refractivity (Wildman–Crippen MR) is 93.2 cm³/mol. The monoisotopic (exact) mass is 329 g/mol. The second kappa shape index (κ2) is 6.36. The lowest BCUT2D eigenvalue weighted by molar-refractivity contribution is -0.00546. The average molecular weight is 329 g/mol. The summed E-state index contributed by atoms with van der Waals surface area (Å²) in [6.45, 7) is 5.85. The summed E-state index contributed by atoms with van der Waals surface area (Å²) in [5, 5.41) is 3.26. The molecule has 0 radical (unpaired) electrons. The van der Waals surface area contributed by atoms with Crippen molar-refractivity contribution in [3.8, 4) is 0 Å². The van der Waals surface area contributed by atoms with E-state index in [9.17, 15) is 4.79 Å². The van der Waals surface area contributed by atoms with Crippen LogP contribution in [0, 0.1) is 11.8 Å². The minimum absolute atomic E-state index is 0.0292. The van der Waals surface area contributed by atoms with Crippen molar-refractivity contribution in [3.05, 3.63) is 23.9 Å². The Labute approximate surface area is 143 Å². The van der Waals surface area contributed by atoms with Gasteiger partial charge < -0.3 is 15.0 Å². The van der Waals surface area contributed by atoms with E-state index in [0.717, 1.165) is 18.9 Å². The zero-order valence-electron chi connectivity index (χ0n) is 14.6. The normalized spacial score (nSPS) is 27.4. The van der Waals surface area contributed by atoms with Gasteiger partial charge in [-0.15, -0.1) is 0 Å². The Morgan fingerprint density at radius 3 is 2.29 bits per heavy atom. The van der Waals surface area contributed by atoms with Gasteiger partial charge in [0.2, 0.25) is 0 Å². The molecule has 1 aromatic heterocycles. The molecular formula is C19H27N3O2. The topological polar surface area (TPSA) is 54.5 Å². The summed E-state index contributed by atoms with van der Waals surface area (Å²) in [6.07, 6.45) is 7.20. The molecule has 4 rings (SSSR count). The van der Waals surface area contributed by atoms with Crippen molar-refractivity contribution in [1.29, 1.82) is 0 Å². The minimum Gasteiger partial charge on any atom is -0.372 e. The van der Waals surface area contributed by atoms with Crippen LogP contribution in [-0.4, -0.2) is 42.2 Å². The Hall–Kier alpha value is -1.62. The molecule has 3 fully saturated rings. The number of pyridine rings is 1. The molecule has 1 saturated heterocycles. The summed E-state index contributed by atoms with van der Waals surface area (Å²) >= 11 is 0. The first-order chi connectivity index (χ1) is 11.6. The molecular weight excluding hydrogens is 302 g/mol. The van der Waals surface area contributed by atoms with E-state index in [-0.39, 0.29) is 18.1 Å². The zero-order chi connectivity index (χ0) is 16.7. The number of ether oxygens (including phenoxy) is 1. The van der Waals surface area contributed by atoms with Crippen LogP contribution in [-0.2, 0) is 4.74 Å². The molecule has 130 valence electrons. The fourth-order valence-corrected chi connectivity index (χ4v) is 3.84. The van der Waals surface area contributed by atoms with Crippen LogP contribution in [0.3, 0.4) is 0 Å². The first kappa shape index (κ1) is 15.9. The third kappa shape index (κ3) is 3.56. The van der Waals surface area contributed by atoms with E-state index in [1.54, 1.807) is 6.20 Å². The average Bonchev–Trinajstić information content (AvgIpc) is 3.45. The lowest BCUT2D eigenvalue weighted by Gasteiger charge is -2.36. The highest BCUT2D eigenvalue weighted by Crippen LogP contribution is 2.44. The summed E-state index contributed by atoms with van der Waals surface area (Å²) in [4.78, 5) is 19.3. The molecule has 2 saturated carbocycles. The van der Waals surface area contributed by atoms with Crippen molar-refractivity contribution in [2.75, 3.05) is 18.0 Å². The number of carbonyl (C=O) groups excluding carboxylic acids is 1. The van der Waals surface area contributed by atoms with E-state index >= 15 is 0 Å². The lowest BCUT2D eigenvalue weighted by atomic mass is 10.1. The number of nitrogens with zero attached hydrogens (tertiary/aromatic N) is 2. The number of aromatic nitrogens is 1. The van der Waals surface area contributed by atoms with Gasteiger partial charge in [0, 0.05) is 25.3 Å². The molecule has 1 aliphatic heterocycles. The van der Waals surface area contributed by atoms with Gasteiger partial charge in [0.05, 0.1) is 17.8 Å². The number of rotatable bonds is 5. The third-order valence-corrected chi connectivity index (χ3v) is 5.31. The SMILES string of the molecule is CC1CN(c2ccc(C(=O)NC(C3CC3)C3CC3)cn2)CC(C)O1. The fourth-order valence-electron chi connectivity index (χ4n) is 3.84. The van der Waals surface area contributed by atoms with E-state index < -0.39 is 0 Å². The van der Waals surface area contributed by atoms with E-state index in [0.29, 0.717) is 23.4 Å². The number of carbonyl (C=O) groups is 1. The van der Waals surface area contributed by atoms with Gasteiger partial charge >= 0.3 is 0 Å². The summed E-state index contributed by atoms with van der Waals surface area (Å²) in [5.41, 5.74) is 0.666. The molecule has 5 heteroatoms. The molecule has 0 bridgehead atoms. The largest absolute Gasteiger partial charge is 0.372 e. The van der Waals surface area contributed by atoms with Crippen molar-refractivity contribution >= 4 is 11.7 Å². The second-order valence-corrected chi connectivity index (χ2v) is 7.74. The second-order valence-electron chi connectivity index (χ2n) is 7.74. The molecule has 1 N–H and O–H groups in total. The summed E-state index contributed by atoms with van der Waals surface area (Å²) in [7, 11) is 0. The van der Waals surface area contributed by atoms with Gasteiger partial charge in [0.25, 0.3) is 5.91 Å². The van der Waals surface area contributed by atoms with Crippen molar-refractivity contribution < 1.29 is 9.53 Å². The smallest absolute Gasteiger partial charge is 0.253 e. The maximum absolute atomic E-state index is 12.5. The van der Waals surface area contributed by atoms with Gasteiger partial charge in [-0.25, -0.2) is 4.98 Å². The number of nitrogens with one attached hydrogen (secondary N) is 1. The first-order valence-corrected chi connectivity index (χ1v) is 9.27.